The summed E-state index contributed by atoms with van der Waals surface area (Å²) in [7, 11) is 0. The van der Waals surface area contributed by atoms with Crippen molar-refractivity contribution in [1.82, 2.24) is 0 Å². The summed E-state index contributed by atoms with van der Waals surface area (Å²) in [4.78, 5) is 12.1. The van der Waals surface area contributed by atoms with Gasteiger partial charge in [-0.1, -0.05) is 6.07 Å². The number of anilines is 3. The highest BCUT2D eigenvalue weighted by Gasteiger charge is 2.34. The molecule has 0 aromatic heterocycles. The number of amides is 1. The van der Waals surface area contributed by atoms with Gasteiger partial charge in [0.05, 0.1) is 22.9 Å². The second-order valence-corrected chi connectivity index (χ2v) is 7.09. The van der Waals surface area contributed by atoms with Crippen LogP contribution in [0.1, 0.15) is 24.0 Å². The lowest BCUT2D eigenvalue weighted by atomic mass is 10.1. The molecular weight excluding hydrogens is 402 g/mol. The third-order valence-corrected chi connectivity index (χ3v) is 5.03. The van der Waals surface area contributed by atoms with Gasteiger partial charge in [0, 0.05) is 36.3 Å². The molecule has 1 atom stereocenters. The van der Waals surface area contributed by atoms with Gasteiger partial charge >= 0.3 is 6.18 Å². The first-order valence-electron chi connectivity index (χ1n) is 9.46. The maximum atomic E-state index is 14.1. The van der Waals surface area contributed by atoms with Crippen LogP contribution < -0.4 is 16.0 Å². The number of alkyl halides is 3. The lowest BCUT2D eigenvalue weighted by molar-refractivity contribution is -0.137. The van der Waals surface area contributed by atoms with E-state index in [0.717, 1.165) is 18.9 Å². The lowest BCUT2D eigenvalue weighted by Gasteiger charge is -2.18. The Balaban J connectivity index is 1.56. The molecule has 2 aromatic carbocycles. The molecular formula is C21H19F4N3O2. The van der Waals surface area contributed by atoms with Crippen molar-refractivity contribution in [2.45, 2.75) is 25.1 Å². The van der Waals surface area contributed by atoms with Gasteiger partial charge in [-0.15, -0.1) is 0 Å². The van der Waals surface area contributed by atoms with E-state index in [9.17, 15) is 22.4 Å². The molecule has 0 spiro atoms. The first-order valence-corrected chi connectivity index (χ1v) is 9.46. The molecule has 1 fully saturated rings. The van der Waals surface area contributed by atoms with Gasteiger partial charge in [-0.25, -0.2) is 4.39 Å². The predicted octanol–water partition coefficient (Wildman–Crippen LogP) is 4.84. The summed E-state index contributed by atoms with van der Waals surface area (Å²) in [5.41, 5.74) is -0.358. The molecule has 30 heavy (non-hydrogen) atoms. The fourth-order valence-electron chi connectivity index (χ4n) is 3.55. The molecule has 0 radical (unpaired) electrons. The van der Waals surface area contributed by atoms with E-state index < -0.39 is 23.5 Å². The summed E-state index contributed by atoms with van der Waals surface area (Å²) in [6, 6.07) is 7.95. The average molecular weight is 421 g/mol. The van der Waals surface area contributed by atoms with Gasteiger partial charge in [-0.05, 0) is 43.2 Å². The average Bonchev–Trinajstić information content (AvgIpc) is 3.32. The Bertz CT molecular complexity index is 998. The number of ether oxygens (including phenoxy) is 1. The number of carbonyl (C=O) groups excluding carboxylic acids is 1. The Hall–Kier alpha value is -3.07. The van der Waals surface area contributed by atoms with Crippen LogP contribution in [-0.4, -0.2) is 25.2 Å². The van der Waals surface area contributed by atoms with E-state index in [4.69, 9.17) is 4.74 Å². The number of benzene rings is 2. The number of hydrogen-bond donors (Lipinski definition) is 3. The third kappa shape index (κ3) is 4.11. The Morgan fingerprint density at radius 1 is 1.23 bits per heavy atom. The van der Waals surface area contributed by atoms with Crippen molar-refractivity contribution in [2.75, 3.05) is 29.1 Å². The molecule has 2 aromatic rings. The number of hydrogen-bond acceptors (Lipinski definition) is 4. The molecule has 2 heterocycles. The van der Waals surface area contributed by atoms with Gasteiger partial charge in [-0.2, -0.15) is 13.2 Å². The molecule has 2 aliphatic heterocycles. The molecule has 158 valence electrons. The van der Waals surface area contributed by atoms with E-state index in [0.29, 0.717) is 12.3 Å². The normalized spacial score (nSPS) is 19.7. The fraction of sp³-hybridized carbons (Fsp3) is 0.286. The smallest absolute Gasteiger partial charge is 0.382 e. The molecule has 1 saturated heterocycles. The number of nitrogens with one attached hydrogen (secondary N) is 3. The SMILES string of the molecule is O=C1Nc2cccc(F)c2/C1=C\Nc1ccc(NCC2CCCO2)c(C(F)(F)F)c1. The largest absolute Gasteiger partial charge is 0.418 e. The second kappa shape index (κ2) is 7.98. The van der Waals surface area contributed by atoms with E-state index in [1.807, 2.05) is 0 Å². The first kappa shape index (κ1) is 20.2. The van der Waals surface area contributed by atoms with Crippen LogP contribution in [0.2, 0.25) is 0 Å². The highest BCUT2D eigenvalue weighted by Crippen LogP contribution is 2.37. The van der Waals surface area contributed by atoms with Gasteiger partial charge in [-0.3, -0.25) is 4.79 Å². The molecule has 1 unspecified atom stereocenters. The van der Waals surface area contributed by atoms with Crippen molar-refractivity contribution in [2.24, 2.45) is 0 Å². The topological polar surface area (TPSA) is 62.4 Å². The molecule has 2 aliphatic rings. The minimum absolute atomic E-state index is 0.0113. The van der Waals surface area contributed by atoms with Crippen molar-refractivity contribution in [3.05, 3.63) is 59.5 Å². The maximum Gasteiger partial charge on any atom is 0.418 e. The Kier molecular flexibility index (Phi) is 5.38. The monoisotopic (exact) mass is 421 g/mol. The van der Waals surface area contributed by atoms with Gasteiger partial charge in [0.1, 0.15) is 5.82 Å². The minimum atomic E-state index is -4.58. The van der Waals surface area contributed by atoms with Crippen LogP contribution in [0.5, 0.6) is 0 Å². The number of rotatable bonds is 5. The highest BCUT2D eigenvalue weighted by atomic mass is 19.4. The fourth-order valence-corrected chi connectivity index (χ4v) is 3.55. The van der Waals surface area contributed by atoms with Crippen LogP contribution in [0.3, 0.4) is 0 Å². The summed E-state index contributed by atoms with van der Waals surface area (Å²) in [5, 5.41) is 8.02. The van der Waals surface area contributed by atoms with Crippen LogP contribution in [0.4, 0.5) is 34.6 Å². The van der Waals surface area contributed by atoms with Crippen molar-refractivity contribution in [3.63, 3.8) is 0 Å². The van der Waals surface area contributed by atoms with E-state index >= 15 is 0 Å². The van der Waals surface area contributed by atoms with Crippen LogP contribution >= 0.6 is 0 Å². The van der Waals surface area contributed by atoms with Gasteiger partial charge in [0.25, 0.3) is 5.91 Å². The third-order valence-electron chi connectivity index (χ3n) is 5.03. The van der Waals surface area contributed by atoms with Crippen LogP contribution in [0, 0.1) is 5.82 Å². The van der Waals surface area contributed by atoms with E-state index in [1.165, 1.54) is 30.5 Å². The molecule has 4 rings (SSSR count). The summed E-state index contributed by atoms with van der Waals surface area (Å²) in [6.07, 6.45) is -1.77. The zero-order valence-corrected chi connectivity index (χ0v) is 15.8. The molecule has 0 saturated carbocycles. The van der Waals surface area contributed by atoms with Gasteiger partial charge in [0.15, 0.2) is 0 Å². The van der Waals surface area contributed by atoms with E-state index in [1.54, 1.807) is 6.07 Å². The van der Waals surface area contributed by atoms with Crippen LogP contribution in [-0.2, 0) is 15.7 Å². The Morgan fingerprint density at radius 2 is 2.07 bits per heavy atom. The zero-order chi connectivity index (χ0) is 21.3. The zero-order valence-electron chi connectivity index (χ0n) is 15.8. The lowest BCUT2D eigenvalue weighted by Crippen LogP contribution is -2.20. The number of carbonyl (C=O) groups is 1. The van der Waals surface area contributed by atoms with Crippen molar-refractivity contribution in [3.8, 4) is 0 Å². The highest BCUT2D eigenvalue weighted by molar-refractivity contribution is 6.31. The summed E-state index contributed by atoms with van der Waals surface area (Å²) in [6.45, 7) is 0.906. The molecule has 9 heteroatoms. The molecule has 1 amide bonds. The number of halogens is 4. The second-order valence-electron chi connectivity index (χ2n) is 7.09. The van der Waals surface area contributed by atoms with Crippen molar-refractivity contribution >= 4 is 28.5 Å². The summed E-state index contributed by atoms with van der Waals surface area (Å²) in [5.74, 6) is -1.13. The van der Waals surface area contributed by atoms with Gasteiger partial charge < -0.3 is 20.7 Å². The van der Waals surface area contributed by atoms with E-state index in [-0.39, 0.29) is 35.2 Å². The Morgan fingerprint density at radius 3 is 2.80 bits per heavy atom. The maximum absolute atomic E-state index is 14.1. The summed E-state index contributed by atoms with van der Waals surface area (Å²) >= 11 is 0. The van der Waals surface area contributed by atoms with Crippen molar-refractivity contribution in [1.29, 1.82) is 0 Å². The Labute approximate surface area is 170 Å². The molecule has 3 N–H and O–H groups in total. The molecule has 0 aliphatic carbocycles. The molecule has 5 nitrogen and oxygen atoms in total. The summed E-state index contributed by atoms with van der Waals surface area (Å²) < 4.78 is 60.2. The molecule has 0 bridgehead atoms. The number of fused-ring (bicyclic) bond motifs is 1. The first-order chi connectivity index (χ1) is 14.3. The predicted molar refractivity (Wildman–Crippen MR) is 106 cm³/mol. The van der Waals surface area contributed by atoms with Crippen LogP contribution in [0.25, 0.3) is 5.57 Å². The van der Waals surface area contributed by atoms with Gasteiger partial charge in [0.2, 0.25) is 0 Å². The quantitative estimate of drug-likeness (QED) is 0.478. The standard InChI is InChI=1S/C21H19F4N3O2/c22-16-4-1-5-18-19(16)14(20(29)28-18)11-26-12-6-7-17(15(9-12)21(23,24)25)27-10-13-3-2-8-30-13/h1,4-7,9,11,13,26-27H,2-3,8,10H2,(H,28,29)/b14-11+. The van der Waals surface area contributed by atoms with Crippen LogP contribution in [0.15, 0.2) is 42.6 Å². The minimum Gasteiger partial charge on any atom is -0.382 e. The van der Waals surface area contributed by atoms with Crippen molar-refractivity contribution < 1.29 is 27.1 Å². The van der Waals surface area contributed by atoms with E-state index in [2.05, 4.69) is 16.0 Å².